The molecule has 1 amide bonds. The summed E-state index contributed by atoms with van der Waals surface area (Å²) in [7, 11) is 0. The number of piperazine rings is 1. The second-order valence-corrected chi connectivity index (χ2v) is 8.13. The van der Waals surface area contributed by atoms with Gasteiger partial charge in [0.15, 0.2) is 11.5 Å². The summed E-state index contributed by atoms with van der Waals surface area (Å²) in [6.45, 7) is 7.40. The number of anilines is 2. The molecule has 3 aliphatic heterocycles. The van der Waals surface area contributed by atoms with Gasteiger partial charge < -0.3 is 24.6 Å². The van der Waals surface area contributed by atoms with Crippen LogP contribution in [0.2, 0.25) is 0 Å². The zero-order valence-corrected chi connectivity index (χ0v) is 17.3. The number of fused-ring (bicyclic) bond motifs is 2. The Bertz CT molecular complexity index is 926. The third-order valence-corrected chi connectivity index (χ3v) is 6.18. The summed E-state index contributed by atoms with van der Waals surface area (Å²) in [5.41, 5.74) is 3.55. The standard InChI is InChI=1S/C23H28N4O3/c1-17-24-19-4-2-3-5-20(19)27(17)9-8-23(28)26-12-10-25(11-13-26)15-18-6-7-21-22(14-18)30-16-29-21/h2-7,14,17,24H,8-13,15-16H2,1H3. The van der Waals surface area contributed by atoms with Gasteiger partial charge in [0.05, 0.1) is 17.5 Å². The monoisotopic (exact) mass is 408 g/mol. The molecule has 2 aromatic rings. The van der Waals surface area contributed by atoms with Crippen LogP contribution in [-0.4, -0.2) is 61.4 Å². The molecule has 30 heavy (non-hydrogen) atoms. The quantitative estimate of drug-likeness (QED) is 0.821. The number of ether oxygens (including phenoxy) is 2. The third-order valence-electron chi connectivity index (χ3n) is 6.18. The molecule has 158 valence electrons. The van der Waals surface area contributed by atoms with Gasteiger partial charge in [0.2, 0.25) is 12.7 Å². The van der Waals surface area contributed by atoms with Gasteiger partial charge in [0, 0.05) is 45.7 Å². The van der Waals surface area contributed by atoms with Crippen LogP contribution in [0.4, 0.5) is 11.4 Å². The molecule has 0 aliphatic carbocycles. The van der Waals surface area contributed by atoms with E-state index in [4.69, 9.17) is 9.47 Å². The Balaban J connectivity index is 1.10. The van der Waals surface area contributed by atoms with Gasteiger partial charge in [-0.05, 0) is 36.8 Å². The summed E-state index contributed by atoms with van der Waals surface area (Å²) < 4.78 is 10.9. The molecule has 1 fully saturated rings. The maximum absolute atomic E-state index is 12.8. The number of hydrogen-bond acceptors (Lipinski definition) is 6. The van der Waals surface area contributed by atoms with Crippen LogP contribution in [0.5, 0.6) is 11.5 Å². The van der Waals surface area contributed by atoms with Crippen LogP contribution in [0.3, 0.4) is 0 Å². The lowest BCUT2D eigenvalue weighted by Crippen LogP contribution is -2.49. The van der Waals surface area contributed by atoms with Crippen LogP contribution in [0.1, 0.15) is 18.9 Å². The first-order chi connectivity index (χ1) is 14.7. The molecule has 2 aromatic carbocycles. The molecule has 1 unspecified atom stereocenters. The fraction of sp³-hybridized carbons (Fsp3) is 0.435. The SMILES string of the molecule is CC1Nc2ccccc2N1CCC(=O)N1CCN(Cc2ccc3c(c2)OCO3)CC1. The smallest absolute Gasteiger partial charge is 0.231 e. The van der Waals surface area contributed by atoms with E-state index in [0.29, 0.717) is 13.2 Å². The maximum atomic E-state index is 12.8. The van der Waals surface area contributed by atoms with E-state index in [2.05, 4.69) is 46.3 Å². The van der Waals surface area contributed by atoms with Gasteiger partial charge in [-0.1, -0.05) is 18.2 Å². The number of hydrogen-bond donors (Lipinski definition) is 1. The van der Waals surface area contributed by atoms with E-state index in [1.165, 1.54) is 11.3 Å². The molecule has 1 N–H and O–H groups in total. The van der Waals surface area contributed by atoms with Crippen molar-refractivity contribution in [2.45, 2.75) is 26.1 Å². The number of carbonyl (C=O) groups excluding carboxylic acids is 1. The highest BCUT2D eigenvalue weighted by Gasteiger charge is 2.27. The van der Waals surface area contributed by atoms with Gasteiger partial charge in [-0.25, -0.2) is 0 Å². The number of amides is 1. The Kier molecular flexibility index (Phi) is 5.12. The van der Waals surface area contributed by atoms with Crippen molar-refractivity contribution in [3.8, 4) is 11.5 Å². The second kappa shape index (κ2) is 8.07. The van der Waals surface area contributed by atoms with Crippen LogP contribution in [0.15, 0.2) is 42.5 Å². The molecule has 0 radical (unpaired) electrons. The Labute approximate surface area is 177 Å². The Morgan fingerprint density at radius 1 is 1.07 bits per heavy atom. The zero-order chi connectivity index (χ0) is 20.5. The number of para-hydroxylation sites is 2. The van der Waals surface area contributed by atoms with Crippen molar-refractivity contribution < 1.29 is 14.3 Å². The fourth-order valence-electron chi connectivity index (χ4n) is 4.50. The number of benzene rings is 2. The van der Waals surface area contributed by atoms with E-state index in [1.807, 2.05) is 23.1 Å². The minimum atomic E-state index is 0.216. The van der Waals surface area contributed by atoms with E-state index in [9.17, 15) is 4.79 Å². The van der Waals surface area contributed by atoms with Gasteiger partial charge in [0.25, 0.3) is 0 Å². The predicted octanol–water partition coefficient (Wildman–Crippen LogP) is 2.73. The molecule has 0 saturated carbocycles. The number of carbonyl (C=O) groups is 1. The highest BCUT2D eigenvalue weighted by molar-refractivity contribution is 5.79. The van der Waals surface area contributed by atoms with Crippen LogP contribution >= 0.6 is 0 Å². The second-order valence-electron chi connectivity index (χ2n) is 8.13. The van der Waals surface area contributed by atoms with Gasteiger partial charge in [0.1, 0.15) is 0 Å². The average Bonchev–Trinajstić information content (AvgIpc) is 3.35. The highest BCUT2D eigenvalue weighted by Crippen LogP contribution is 2.34. The molecule has 3 aliphatic rings. The Morgan fingerprint density at radius 3 is 2.73 bits per heavy atom. The van der Waals surface area contributed by atoms with Crippen LogP contribution < -0.4 is 19.7 Å². The summed E-state index contributed by atoms with van der Waals surface area (Å²) >= 11 is 0. The van der Waals surface area contributed by atoms with Crippen LogP contribution in [0, 0.1) is 0 Å². The number of rotatable bonds is 5. The molecule has 3 heterocycles. The zero-order valence-electron chi connectivity index (χ0n) is 17.3. The minimum Gasteiger partial charge on any atom is -0.454 e. The van der Waals surface area contributed by atoms with Crippen molar-refractivity contribution in [1.82, 2.24) is 9.80 Å². The largest absolute Gasteiger partial charge is 0.454 e. The number of nitrogens with zero attached hydrogens (tertiary/aromatic N) is 3. The Hall–Kier alpha value is -2.93. The van der Waals surface area contributed by atoms with Crippen molar-refractivity contribution in [3.63, 3.8) is 0 Å². The lowest BCUT2D eigenvalue weighted by atomic mass is 10.1. The lowest BCUT2D eigenvalue weighted by molar-refractivity contribution is -0.132. The predicted molar refractivity (Wildman–Crippen MR) is 116 cm³/mol. The summed E-state index contributed by atoms with van der Waals surface area (Å²) in [4.78, 5) is 19.5. The van der Waals surface area contributed by atoms with Crippen molar-refractivity contribution >= 4 is 17.3 Å². The van der Waals surface area contributed by atoms with Gasteiger partial charge >= 0.3 is 0 Å². The number of nitrogens with one attached hydrogen (secondary N) is 1. The molecule has 5 rings (SSSR count). The Morgan fingerprint density at radius 2 is 1.87 bits per heavy atom. The lowest BCUT2D eigenvalue weighted by Gasteiger charge is -2.35. The minimum absolute atomic E-state index is 0.216. The van der Waals surface area contributed by atoms with E-state index < -0.39 is 0 Å². The van der Waals surface area contributed by atoms with Crippen molar-refractivity contribution in [3.05, 3.63) is 48.0 Å². The van der Waals surface area contributed by atoms with Crippen molar-refractivity contribution in [1.29, 1.82) is 0 Å². The molecule has 0 bridgehead atoms. The first-order valence-electron chi connectivity index (χ1n) is 10.7. The topological polar surface area (TPSA) is 57.3 Å². The summed E-state index contributed by atoms with van der Waals surface area (Å²) in [6, 6.07) is 14.4. The summed E-state index contributed by atoms with van der Waals surface area (Å²) in [6.07, 6.45) is 0.761. The molecule has 0 aromatic heterocycles. The van der Waals surface area contributed by atoms with Crippen molar-refractivity contribution in [2.75, 3.05) is 49.7 Å². The molecule has 0 spiro atoms. The van der Waals surface area contributed by atoms with Gasteiger partial charge in [-0.15, -0.1) is 0 Å². The molecule has 7 nitrogen and oxygen atoms in total. The highest BCUT2D eigenvalue weighted by atomic mass is 16.7. The first-order valence-corrected chi connectivity index (χ1v) is 10.7. The van der Waals surface area contributed by atoms with Crippen LogP contribution in [-0.2, 0) is 11.3 Å². The third kappa shape index (κ3) is 3.77. The average molecular weight is 409 g/mol. The molecule has 7 heteroatoms. The maximum Gasteiger partial charge on any atom is 0.231 e. The first kappa shape index (κ1) is 19.1. The molecular formula is C23H28N4O3. The summed E-state index contributed by atoms with van der Waals surface area (Å²) in [5, 5.41) is 3.47. The molecular weight excluding hydrogens is 380 g/mol. The van der Waals surface area contributed by atoms with Gasteiger partial charge in [-0.2, -0.15) is 0 Å². The van der Waals surface area contributed by atoms with Crippen LogP contribution in [0.25, 0.3) is 0 Å². The molecule has 1 atom stereocenters. The summed E-state index contributed by atoms with van der Waals surface area (Å²) in [5.74, 6) is 1.89. The van der Waals surface area contributed by atoms with E-state index in [-0.39, 0.29) is 12.1 Å². The van der Waals surface area contributed by atoms with E-state index in [1.54, 1.807) is 0 Å². The van der Waals surface area contributed by atoms with Crippen molar-refractivity contribution in [2.24, 2.45) is 0 Å². The normalized spacial score (nSPS) is 20.2. The van der Waals surface area contributed by atoms with Gasteiger partial charge in [-0.3, -0.25) is 9.69 Å². The fourth-order valence-corrected chi connectivity index (χ4v) is 4.50. The van der Waals surface area contributed by atoms with E-state index >= 15 is 0 Å². The molecule has 1 saturated heterocycles. The van der Waals surface area contributed by atoms with E-state index in [0.717, 1.165) is 56.5 Å².